The van der Waals surface area contributed by atoms with Crippen molar-refractivity contribution in [3.63, 3.8) is 0 Å². The van der Waals surface area contributed by atoms with E-state index in [0.29, 0.717) is 11.4 Å². The number of carbonyl (C=O) groups is 1. The van der Waals surface area contributed by atoms with Crippen molar-refractivity contribution in [1.29, 1.82) is 0 Å². The molecule has 0 bridgehead atoms. The fourth-order valence-corrected chi connectivity index (χ4v) is 3.55. The molecule has 0 atom stereocenters. The maximum absolute atomic E-state index is 12.7. The van der Waals surface area contributed by atoms with E-state index in [0.717, 1.165) is 10.8 Å². The van der Waals surface area contributed by atoms with Crippen LogP contribution >= 0.6 is 0 Å². The SMILES string of the molecule is CN(C)C(=O)Nc1ccc(S(=O)(=O)Nc2cccc3ccccc23)cc1. The Morgan fingerprint density at radius 3 is 2.23 bits per heavy atom. The summed E-state index contributed by atoms with van der Waals surface area (Å²) in [6.07, 6.45) is 0. The molecule has 0 saturated carbocycles. The molecule has 3 aromatic carbocycles. The van der Waals surface area contributed by atoms with Crippen LogP contribution in [0, 0.1) is 0 Å². The summed E-state index contributed by atoms with van der Waals surface area (Å²) in [4.78, 5) is 13.2. The number of rotatable bonds is 4. The van der Waals surface area contributed by atoms with E-state index in [1.54, 1.807) is 38.4 Å². The first kappa shape index (κ1) is 17.8. The predicted molar refractivity (Wildman–Crippen MR) is 104 cm³/mol. The van der Waals surface area contributed by atoms with Crippen LogP contribution in [0.1, 0.15) is 0 Å². The molecule has 0 fully saturated rings. The van der Waals surface area contributed by atoms with Gasteiger partial charge in [-0.3, -0.25) is 4.72 Å². The van der Waals surface area contributed by atoms with Crippen LogP contribution in [0.4, 0.5) is 16.2 Å². The van der Waals surface area contributed by atoms with Gasteiger partial charge in [0, 0.05) is 25.2 Å². The van der Waals surface area contributed by atoms with Crippen LogP contribution in [0.15, 0.2) is 71.6 Å². The number of nitrogens with one attached hydrogen (secondary N) is 2. The molecule has 2 N–H and O–H groups in total. The molecule has 3 rings (SSSR count). The maximum atomic E-state index is 12.7. The summed E-state index contributed by atoms with van der Waals surface area (Å²) in [7, 11) is -0.485. The highest BCUT2D eigenvalue weighted by Crippen LogP contribution is 2.26. The third-order valence-corrected chi connectivity index (χ3v) is 5.24. The number of hydrogen-bond donors (Lipinski definition) is 2. The minimum atomic E-state index is -3.74. The number of urea groups is 1. The highest BCUT2D eigenvalue weighted by Gasteiger charge is 2.15. The molecule has 134 valence electrons. The summed E-state index contributed by atoms with van der Waals surface area (Å²) >= 11 is 0. The number of amides is 2. The molecule has 0 aliphatic rings. The molecule has 0 aromatic heterocycles. The smallest absolute Gasteiger partial charge is 0.321 e. The maximum Gasteiger partial charge on any atom is 0.321 e. The van der Waals surface area contributed by atoms with E-state index in [1.165, 1.54) is 17.0 Å². The van der Waals surface area contributed by atoms with Gasteiger partial charge in [-0.05, 0) is 35.7 Å². The average Bonchev–Trinajstić information content (AvgIpc) is 2.62. The lowest BCUT2D eigenvalue weighted by molar-refractivity contribution is 0.230. The van der Waals surface area contributed by atoms with Crippen LogP contribution in [0.3, 0.4) is 0 Å². The summed E-state index contributed by atoms with van der Waals surface area (Å²) < 4.78 is 28.0. The van der Waals surface area contributed by atoms with Crippen LogP contribution in [0.2, 0.25) is 0 Å². The van der Waals surface area contributed by atoms with Gasteiger partial charge in [0.05, 0.1) is 10.6 Å². The van der Waals surface area contributed by atoms with E-state index in [-0.39, 0.29) is 10.9 Å². The first-order valence-electron chi connectivity index (χ1n) is 7.96. The van der Waals surface area contributed by atoms with Crippen molar-refractivity contribution < 1.29 is 13.2 Å². The van der Waals surface area contributed by atoms with Gasteiger partial charge in [0.15, 0.2) is 0 Å². The summed E-state index contributed by atoms with van der Waals surface area (Å²) in [5, 5.41) is 4.45. The fourth-order valence-electron chi connectivity index (χ4n) is 2.47. The van der Waals surface area contributed by atoms with Crippen molar-refractivity contribution in [2.45, 2.75) is 4.90 Å². The second-order valence-electron chi connectivity index (χ2n) is 5.98. The van der Waals surface area contributed by atoms with Crippen molar-refractivity contribution >= 4 is 38.2 Å². The molecule has 7 heteroatoms. The van der Waals surface area contributed by atoms with E-state index in [2.05, 4.69) is 10.0 Å². The van der Waals surface area contributed by atoms with Gasteiger partial charge >= 0.3 is 6.03 Å². The summed E-state index contributed by atoms with van der Waals surface area (Å²) in [6.45, 7) is 0. The van der Waals surface area contributed by atoms with Crippen LogP contribution < -0.4 is 10.0 Å². The molecule has 0 heterocycles. The van der Waals surface area contributed by atoms with E-state index < -0.39 is 10.0 Å². The topological polar surface area (TPSA) is 78.5 Å². The average molecular weight is 369 g/mol. The third-order valence-electron chi connectivity index (χ3n) is 3.86. The number of hydrogen-bond acceptors (Lipinski definition) is 3. The summed E-state index contributed by atoms with van der Waals surface area (Å²) in [5.41, 5.74) is 1.04. The second-order valence-corrected chi connectivity index (χ2v) is 7.66. The monoisotopic (exact) mass is 369 g/mol. The van der Waals surface area contributed by atoms with Gasteiger partial charge < -0.3 is 10.2 Å². The predicted octanol–water partition coefficient (Wildman–Crippen LogP) is 3.73. The largest absolute Gasteiger partial charge is 0.331 e. The van der Waals surface area contributed by atoms with Gasteiger partial charge in [0.25, 0.3) is 10.0 Å². The molecule has 3 aromatic rings. The van der Waals surface area contributed by atoms with Crippen molar-refractivity contribution in [3.05, 3.63) is 66.7 Å². The Kier molecular flexibility index (Phi) is 4.81. The highest BCUT2D eigenvalue weighted by atomic mass is 32.2. The molecule has 0 spiro atoms. The standard InChI is InChI=1S/C19H19N3O3S/c1-22(2)19(23)20-15-10-12-16(13-11-15)26(24,25)21-18-9-5-7-14-6-3-4-8-17(14)18/h3-13,21H,1-2H3,(H,20,23). The Balaban J connectivity index is 1.85. The van der Waals surface area contributed by atoms with Gasteiger partial charge in [0.1, 0.15) is 0 Å². The lowest BCUT2D eigenvalue weighted by Gasteiger charge is -2.13. The van der Waals surface area contributed by atoms with E-state index in [9.17, 15) is 13.2 Å². The minimum Gasteiger partial charge on any atom is -0.331 e. The van der Waals surface area contributed by atoms with Crippen LogP contribution in [0.25, 0.3) is 10.8 Å². The van der Waals surface area contributed by atoms with Gasteiger partial charge in [0.2, 0.25) is 0 Å². The number of carbonyl (C=O) groups excluding carboxylic acids is 1. The Morgan fingerprint density at radius 2 is 1.54 bits per heavy atom. The van der Waals surface area contributed by atoms with Crippen LogP contribution in [-0.2, 0) is 10.0 Å². The van der Waals surface area contributed by atoms with Crippen molar-refractivity contribution in [2.24, 2.45) is 0 Å². The van der Waals surface area contributed by atoms with Gasteiger partial charge in [-0.2, -0.15) is 0 Å². The number of fused-ring (bicyclic) bond motifs is 1. The van der Waals surface area contributed by atoms with Crippen LogP contribution in [-0.4, -0.2) is 33.4 Å². The zero-order chi connectivity index (χ0) is 18.7. The van der Waals surface area contributed by atoms with Gasteiger partial charge in [-0.15, -0.1) is 0 Å². The minimum absolute atomic E-state index is 0.119. The van der Waals surface area contributed by atoms with Gasteiger partial charge in [-0.1, -0.05) is 36.4 Å². The summed E-state index contributed by atoms with van der Waals surface area (Å²) in [6, 6.07) is 18.8. The normalized spacial score (nSPS) is 11.2. The molecule has 0 saturated heterocycles. The number of sulfonamides is 1. The van der Waals surface area contributed by atoms with E-state index in [1.807, 2.05) is 30.3 Å². The summed E-state index contributed by atoms with van der Waals surface area (Å²) in [5.74, 6) is 0. The zero-order valence-corrected chi connectivity index (χ0v) is 15.2. The van der Waals surface area contributed by atoms with Crippen molar-refractivity contribution in [1.82, 2.24) is 4.90 Å². The molecule has 0 radical (unpaired) electrons. The lowest BCUT2D eigenvalue weighted by Crippen LogP contribution is -2.27. The van der Waals surface area contributed by atoms with Crippen molar-refractivity contribution in [3.8, 4) is 0 Å². The molecular formula is C19H19N3O3S. The molecule has 2 amide bonds. The zero-order valence-electron chi connectivity index (χ0n) is 14.4. The number of benzene rings is 3. The Morgan fingerprint density at radius 1 is 0.885 bits per heavy atom. The van der Waals surface area contributed by atoms with Gasteiger partial charge in [-0.25, -0.2) is 13.2 Å². The Bertz CT molecular complexity index is 1040. The first-order chi connectivity index (χ1) is 12.4. The molecule has 0 unspecified atom stereocenters. The highest BCUT2D eigenvalue weighted by molar-refractivity contribution is 7.92. The molecule has 0 aliphatic carbocycles. The van der Waals surface area contributed by atoms with Crippen LogP contribution in [0.5, 0.6) is 0 Å². The molecule has 26 heavy (non-hydrogen) atoms. The van der Waals surface area contributed by atoms with E-state index in [4.69, 9.17) is 0 Å². The number of nitrogens with zero attached hydrogens (tertiary/aromatic N) is 1. The Labute approximate surface area is 152 Å². The molecule has 0 aliphatic heterocycles. The molecular weight excluding hydrogens is 350 g/mol. The Hall–Kier alpha value is -3.06. The lowest BCUT2D eigenvalue weighted by atomic mass is 10.1. The quantitative estimate of drug-likeness (QED) is 0.735. The van der Waals surface area contributed by atoms with Crippen molar-refractivity contribution in [2.75, 3.05) is 24.1 Å². The first-order valence-corrected chi connectivity index (χ1v) is 9.44. The second kappa shape index (κ2) is 7.05. The van der Waals surface area contributed by atoms with E-state index >= 15 is 0 Å². The fraction of sp³-hybridized carbons (Fsp3) is 0.105. The molecule has 6 nitrogen and oxygen atoms in total. The number of anilines is 2. The third kappa shape index (κ3) is 3.78.